The highest BCUT2D eigenvalue weighted by Crippen LogP contribution is 2.30. The molecule has 0 amide bonds. The summed E-state index contributed by atoms with van der Waals surface area (Å²) in [4.78, 5) is 11.1. The Labute approximate surface area is 93.4 Å². The summed E-state index contributed by atoms with van der Waals surface area (Å²) in [5.41, 5.74) is -1.79. The van der Waals surface area contributed by atoms with Crippen LogP contribution in [0.5, 0.6) is 5.75 Å². The summed E-state index contributed by atoms with van der Waals surface area (Å²) >= 11 is 0. The third-order valence-corrected chi connectivity index (χ3v) is 2.44. The molecule has 2 aromatic rings. The zero-order chi connectivity index (χ0) is 12.7. The van der Waals surface area contributed by atoms with Gasteiger partial charge < -0.3 is 9.15 Å². The van der Waals surface area contributed by atoms with Gasteiger partial charge in [-0.2, -0.15) is 8.78 Å². The van der Waals surface area contributed by atoms with Gasteiger partial charge in [-0.3, -0.25) is 0 Å². The van der Waals surface area contributed by atoms with Crippen molar-refractivity contribution in [3.63, 3.8) is 0 Å². The van der Waals surface area contributed by atoms with Crippen LogP contribution in [-0.2, 0) is 0 Å². The van der Waals surface area contributed by atoms with E-state index >= 15 is 0 Å². The summed E-state index contributed by atoms with van der Waals surface area (Å²) in [6, 6.07) is 1.00. The molecular formula is C11H7F3O3. The van der Waals surface area contributed by atoms with Gasteiger partial charge in [0, 0.05) is 11.6 Å². The molecule has 1 heterocycles. The molecule has 0 aliphatic carbocycles. The molecule has 0 bridgehead atoms. The fourth-order valence-electron chi connectivity index (χ4n) is 1.57. The number of halogens is 3. The molecule has 90 valence electrons. The first-order valence-electron chi connectivity index (χ1n) is 4.62. The Balaban J connectivity index is 3.03. The third-order valence-electron chi connectivity index (χ3n) is 2.44. The number of methoxy groups -OCH3 is 1. The molecule has 17 heavy (non-hydrogen) atoms. The van der Waals surface area contributed by atoms with Gasteiger partial charge in [0.15, 0.2) is 11.6 Å². The highest BCUT2D eigenvalue weighted by atomic mass is 19.2. The molecule has 0 fully saturated rings. The van der Waals surface area contributed by atoms with Crippen LogP contribution in [0.15, 0.2) is 15.3 Å². The normalized spacial score (nSPS) is 10.9. The van der Waals surface area contributed by atoms with Crippen molar-refractivity contribution in [2.75, 3.05) is 7.11 Å². The van der Waals surface area contributed by atoms with E-state index in [1.807, 2.05) is 0 Å². The minimum absolute atomic E-state index is 0.260. The van der Waals surface area contributed by atoms with Gasteiger partial charge in [0.25, 0.3) is 0 Å². The van der Waals surface area contributed by atoms with Crippen molar-refractivity contribution in [3.8, 4) is 5.75 Å². The lowest BCUT2D eigenvalue weighted by atomic mass is 10.1. The van der Waals surface area contributed by atoms with Crippen molar-refractivity contribution in [1.29, 1.82) is 0 Å². The molecule has 0 aliphatic heterocycles. The summed E-state index contributed by atoms with van der Waals surface area (Å²) in [5.74, 6) is -4.21. The fraction of sp³-hybridized carbons (Fsp3) is 0.182. The van der Waals surface area contributed by atoms with E-state index in [1.54, 1.807) is 0 Å². The van der Waals surface area contributed by atoms with Crippen LogP contribution >= 0.6 is 0 Å². The van der Waals surface area contributed by atoms with Crippen LogP contribution in [0, 0.1) is 24.4 Å². The van der Waals surface area contributed by atoms with Crippen molar-refractivity contribution in [2.24, 2.45) is 0 Å². The van der Waals surface area contributed by atoms with Gasteiger partial charge in [0.1, 0.15) is 5.58 Å². The summed E-state index contributed by atoms with van der Waals surface area (Å²) in [6.07, 6.45) is 0. The molecule has 1 aromatic heterocycles. The van der Waals surface area contributed by atoms with Gasteiger partial charge in [0.05, 0.1) is 12.5 Å². The second-order valence-corrected chi connectivity index (χ2v) is 3.41. The topological polar surface area (TPSA) is 39.4 Å². The van der Waals surface area contributed by atoms with E-state index in [-0.39, 0.29) is 11.1 Å². The fourth-order valence-corrected chi connectivity index (χ4v) is 1.57. The Morgan fingerprint density at radius 1 is 1.18 bits per heavy atom. The largest absolute Gasteiger partial charge is 0.493 e. The third kappa shape index (κ3) is 1.56. The molecule has 0 radical (unpaired) electrons. The minimum atomic E-state index is -1.31. The maximum atomic E-state index is 13.6. The van der Waals surface area contributed by atoms with E-state index in [2.05, 4.69) is 9.15 Å². The maximum absolute atomic E-state index is 13.6. The minimum Gasteiger partial charge on any atom is -0.493 e. The average Bonchev–Trinajstić information content (AvgIpc) is 2.30. The van der Waals surface area contributed by atoms with Crippen LogP contribution in [0.3, 0.4) is 0 Å². The first-order chi connectivity index (χ1) is 7.97. The first-order valence-corrected chi connectivity index (χ1v) is 4.62. The number of rotatable bonds is 1. The molecule has 0 N–H and O–H groups in total. The number of aryl methyl sites for hydroxylation is 1. The van der Waals surface area contributed by atoms with Crippen LogP contribution in [0.1, 0.15) is 5.56 Å². The Morgan fingerprint density at radius 3 is 2.41 bits per heavy atom. The van der Waals surface area contributed by atoms with Crippen molar-refractivity contribution < 1.29 is 22.3 Å². The molecule has 6 heteroatoms. The van der Waals surface area contributed by atoms with E-state index in [0.29, 0.717) is 0 Å². The quantitative estimate of drug-likeness (QED) is 0.723. The van der Waals surface area contributed by atoms with Gasteiger partial charge in [0.2, 0.25) is 11.6 Å². The average molecular weight is 244 g/mol. The van der Waals surface area contributed by atoms with Crippen molar-refractivity contribution in [2.45, 2.75) is 6.92 Å². The first kappa shape index (κ1) is 11.5. The van der Waals surface area contributed by atoms with Crippen molar-refractivity contribution >= 4 is 11.0 Å². The zero-order valence-corrected chi connectivity index (χ0v) is 8.94. The van der Waals surface area contributed by atoms with Crippen LogP contribution in [0.4, 0.5) is 13.2 Å². The van der Waals surface area contributed by atoms with Crippen molar-refractivity contribution in [1.82, 2.24) is 0 Å². The maximum Gasteiger partial charge on any atom is 0.372 e. The lowest BCUT2D eigenvalue weighted by Crippen LogP contribution is -2.08. The monoisotopic (exact) mass is 244 g/mol. The summed E-state index contributed by atoms with van der Waals surface area (Å²) in [6.45, 7) is 1.17. The molecule has 0 saturated heterocycles. The van der Waals surface area contributed by atoms with Crippen LogP contribution < -0.4 is 10.4 Å². The van der Waals surface area contributed by atoms with Gasteiger partial charge >= 0.3 is 5.63 Å². The Kier molecular flexibility index (Phi) is 2.57. The van der Waals surface area contributed by atoms with Gasteiger partial charge in [-0.05, 0) is 6.92 Å². The van der Waals surface area contributed by atoms with E-state index in [9.17, 15) is 18.0 Å². The predicted molar refractivity (Wildman–Crippen MR) is 53.6 cm³/mol. The molecule has 0 spiro atoms. The van der Waals surface area contributed by atoms with E-state index in [4.69, 9.17) is 0 Å². The van der Waals surface area contributed by atoms with Gasteiger partial charge in [-0.1, -0.05) is 0 Å². The molecule has 1 aromatic carbocycles. The number of hydrogen-bond donors (Lipinski definition) is 0. The van der Waals surface area contributed by atoms with Gasteiger partial charge in [-0.15, -0.1) is 0 Å². The molecule has 3 nitrogen and oxygen atoms in total. The molecule has 0 aliphatic rings. The zero-order valence-electron chi connectivity index (χ0n) is 8.94. The van der Waals surface area contributed by atoms with E-state index in [0.717, 1.165) is 13.2 Å². The molecule has 2 rings (SSSR count). The molecule has 0 saturated carbocycles. The second-order valence-electron chi connectivity index (χ2n) is 3.41. The highest BCUT2D eigenvalue weighted by Gasteiger charge is 2.20. The van der Waals surface area contributed by atoms with E-state index in [1.165, 1.54) is 6.92 Å². The number of benzene rings is 1. The second kappa shape index (κ2) is 3.80. The molecule has 0 unspecified atom stereocenters. The molecular weight excluding hydrogens is 237 g/mol. The Hall–Kier alpha value is -1.98. The SMILES string of the molecule is COc1cc2oc(=O)c(F)c(C)c2c(F)c1F. The van der Waals surface area contributed by atoms with Gasteiger partial charge in [-0.25, -0.2) is 9.18 Å². The van der Waals surface area contributed by atoms with Crippen molar-refractivity contribution in [3.05, 3.63) is 39.5 Å². The Morgan fingerprint density at radius 2 is 1.82 bits per heavy atom. The van der Waals surface area contributed by atoms with Crippen LogP contribution in [-0.4, -0.2) is 7.11 Å². The summed E-state index contributed by atoms with van der Waals surface area (Å²) in [7, 11) is 1.14. The summed E-state index contributed by atoms with van der Waals surface area (Å²) in [5, 5.41) is -0.402. The van der Waals surface area contributed by atoms with Crippen LogP contribution in [0.25, 0.3) is 11.0 Å². The highest BCUT2D eigenvalue weighted by molar-refractivity contribution is 5.82. The standard InChI is InChI=1S/C11H7F3O3/c1-4-7-5(17-11(15)8(4)12)3-6(16-2)9(13)10(7)14/h3H,1-2H3. The number of ether oxygens (including phenoxy) is 1. The smallest absolute Gasteiger partial charge is 0.372 e. The van der Waals surface area contributed by atoms with Crippen LogP contribution in [0.2, 0.25) is 0 Å². The van der Waals surface area contributed by atoms with E-state index < -0.39 is 34.2 Å². The number of fused-ring (bicyclic) bond motifs is 1. The lowest BCUT2D eigenvalue weighted by molar-refractivity contribution is 0.371. The molecule has 0 atom stereocenters. The Bertz CT molecular complexity index is 661. The number of hydrogen-bond acceptors (Lipinski definition) is 3. The summed E-state index contributed by atoms with van der Waals surface area (Å²) < 4.78 is 49.4. The predicted octanol–water partition coefficient (Wildman–Crippen LogP) is 2.53. The lowest BCUT2D eigenvalue weighted by Gasteiger charge is -2.07.